The van der Waals surface area contributed by atoms with Crippen molar-refractivity contribution in [3.8, 4) is 22.3 Å². The van der Waals surface area contributed by atoms with Crippen LogP contribution < -0.4 is 4.90 Å². The highest BCUT2D eigenvalue weighted by Crippen LogP contribution is 2.63. The van der Waals surface area contributed by atoms with Crippen LogP contribution in [0.1, 0.15) is 74.3 Å². The molecule has 1 saturated carbocycles. The second-order valence-corrected chi connectivity index (χ2v) is 14.8. The van der Waals surface area contributed by atoms with Crippen molar-refractivity contribution in [1.82, 2.24) is 0 Å². The summed E-state index contributed by atoms with van der Waals surface area (Å²) in [5, 5.41) is 0. The van der Waals surface area contributed by atoms with E-state index >= 15 is 0 Å². The lowest BCUT2D eigenvalue weighted by atomic mass is 9.58. The van der Waals surface area contributed by atoms with Gasteiger partial charge in [-0.25, -0.2) is 0 Å². The van der Waals surface area contributed by atoms with Crippen molar-refractivity contribution in [3.63, 3.8) is 0 Å². The fourth-order valence-electron chi connectivity index (χ4n) is 10.0. The van der Waals surface area contributed by atoms with Crippen LogP contribution in [0, 0.1) is 5.92 Å². The topological polar surface area (TPSA) is 3.24 Å². The minimum atomic E-state index is -0.395. The summed E-state index contributed by atoms with van der Waals surface area (Å²) in [4.78, 5) is 2.69. The first-order valence-corrected chi connectivity index (χ1v) is 17.8. The molecule has 1 fully saturated rings. The fourth-order valence-corrected chi connectivity index (χ4v) is 10.0. The van der Waals surface area contributed by atoms with Crippen molar-refractivity contribution in [2.24, 2.45) is 5.92 Å². The molecule has 2 aliphatic carbocycles. The lowest BCUT2D eigenvalue weighted by Crippen LogP contribution is -2.56. The Kier molecular flexibility index (Phi) is 6.60. The third kappa shape index (κ3) is 3.91. The smallest absolute Gasteiger partial charge is 0.0713 e. The van der Waals surface area contributed by atoms with E-state index in [-0.39, 0.29) is 11.0 Å². The van der Waals surface area contributed by atoms with Crippen LogP contribution >= 0.6 is 0 Å². The normalized spacial score (nSPS) is 23.2. The summed E-state index contributed by atoms with van der Waals surface area (Å²) in [5.74, 6) is 0.756. The van der Waals surface area contributed by atoms with Gasteiger partial charge in [0.25, 0.3) is 0 Å². The number of hydrogen-bond acceptors (Lipinski definition) is 1. The number of rotatable bonds is 5. The summed E-state index contributed by atoms with van der Waals surface area (Å²) in [7, 11) is 0. The monoisotopic (exact) mass is 621 g/mol. The lowest BCUT2D eigenvalue weighted by Gasteiger charge is -2.52. The van der Waals surface area contributed by atoms with Crippen LogP contribution in [0.2, 0.25) is 0 Å². The molecule has 0 saturated heterocycles. The fraction of sp³-hybridized carbons (Fsp3) is 0.234. The minimum absolute atomic E-state index is 0.0241. The standard InChI is InChI=1S/C47H43N/c1-4-33-28-29-46(3)45(2,32-33)43-31-35(25-27-44(43)48(46)38-20-12-7-13-21-38)34-24-26-40-39-22-14-15-23-41(39)47(42(40)30-34,36-16-8-5-9-17-36)37-18-10-6-11-19-37/h5-27,30-31,33H,4,28-29,32H2,1-3H3. The molecule has 0 aromatic heterocycles. The van der Waals surface area contributed by atoms with Gasteiger partial charge in [-0.2, -0.15) is 0 Å². The summed E-state index contributed by atoms with van der Waals surface area (Å²) >= 11 is 0. The molecule has 1 heteroatoms. The third-order valence-electron chi connectivity index (χ3n) is 12.6. The predicted molar refractivity (Wildman–Crippen MR) is 201 cm³/mol. The highest BCUT2D eigenvalue weighted by Gasteiger charge is 2.59. The third-order valence-corrected chi connectivity index (χ3v) is 12.6. The number of para-hydroxylation sites is 1. The van der Waals surface area contributed by atoms with E-state index < -0.39 is 5.41 Å². The molecule has 6 aromatic rings. The Morgan fingerprint density at radius 3 is 1.81 bits per heavy atom. The maximum absolute atomic E-state index is 2.69. The highest BCUT2D eigenvalue weighted by atomic mass is 15.3. The van der Waals surface area contributed by atoms with Crippen LogP contribution in [0.15, 0.2) is 152 Å². The quantitative estimate of drug-likeness (QED) is 0.185. The Bertz CT molecular complexity index is 2090. The van der Waals surface area contributed by atoms with Crippen molar-refractivity contribution in [2.75, 3.05) is 4.90 Å². The predicted octanol–water partition coefficient (Wildman–Crippen LogP) is 12.1. The molecule has 3 unspecified atom stereocenters. The van der Waals surface area contributed by atoms with Crippen molar-refractivity contribution in [3.05, 3.63) is 179 Å². The van der Waals surface area contributed by atoms with Gasteiger partial charge in [0.05, 0.1) is 11.0 Å². The van der Waals surface area contributed by atoms with E-state index in [0.29, 0.717) is 0 Å². The van der Waals surface area contributed by atoms with E-state index in [1.54, 1.807) is 0 Å². The average molecular weight is 622 g/mol. The van der Waals surface area contributed by atoms with E-state index in [1.165, 1.54) is 87.1 Å². The van der Waals surface area contributed by atoms with E-state index in [2.05, 4.69) is 177 Å². The van der Waals surface area contributed by atoms with Crippen LogP contribution in [0.3, 0.4) is 0 Å². The molecule has 48 heavy (non-hydrogen) atoms. The summed E-state index contributed by atoms with van der Waals surface area (Å²) in [6.45, 7) is 7.48. The molecule has 3 aliphatic rings. The highest BCUT2D eigenvalue weighted by molar-refractivity contribution is 5.89. The van der Waals surface area contributed by atoms with Crippen LogP contribution in [0.5, 0.6) is 0 Å². The van der Waals surface area contributed by atoms with Crippen molar-refractivity contribution in [1.29, 1.82) is 0 Å². The molecule has 0 radical (unpaired) electrons. The number of hydrogen-bond donors (Lipinski definition) is 0. The molecular weight excluding hydrogens is 579 g/mol. The van der Waals surface area contributed by atoms with Crippen LogP contribution in [0.4, 0.5) is 11.4 Å². The minimum Gasteiger partial charge on any atom is -0.334 e. The molecule has 6 aromatic carbocycles. The first-order valence-electron chi connectivity index (χ1n) is 17.8. The summed E-state index contributed by atoms with van der Waals surface area (Å²) in [6, 6.07) is 57.1. The van der Waals surface area contributed by atoms with Crippen LogP contribution in [-0.2, 0) is 10.8 Å². The molecule has 236 valence electrons. The van der Waals surface area contributed by atoms with E-state index in [0.717, 1.165) is 5.92 Å². The first-order chi connectivity index (χ1) is 23.5. The Hall–Kier alpha value is -4.88. The molecule has 0 N–H and O–H groups in total. The maximum Gasteiger partial charge on any atom is 0.0713 e. The van der Waals surface area contributed by atoms with Gasteiger partial charge in [-0.1, -0.05) is 142 Å². The molecule has 1 aliphatic heterocycles. The van der Waals surface area contributed by atoms with Crippen molar-refractivity contribution in [2.45, 2.75) is 62.8 Å². The molecular formula is C47H43N. The largest absolute Gasteiger partial charge is 0.334 e. The molecule has 0 bridgehead atoms. The zero-order chi connectivity index (χ0) is 32.5. The SMILES string of the molecule is CCC1CCC2(C)N(c3ccccc3)c3ccc(-c4ccc5c(c4)C(c4ccccc4)(c4ccccc4)c4ccccc4-5)cc3C2(C)C1. The van der Waals surface area contributed by atoms with Gasteiger partial charge in [-0.15, -0.1) is 0 Å². The Morgan fingerprint density at radius 1 is 0.583 bits per heavy atom. The van der Waals surface area contributed by atoms with Gasteiger partial charge in [-0.3, -0.25) is 0 Å². The molecule has 0 amide bonds. The summed E-state index contributed by atoms with van der Waals surface area (Å²) in [5.41, 5.74) is 14.5. The van der Waals surface area contributed by atoms with Gasteiger partial charge in [-0.05, 0) is 113 Å². The Balaban J connectivity index is 1.26. The molecule has 0 spiro atoms. The van der Waals surface area contributed by atoms with Gasteiger partial charge in [0.2, 0.25) is 0 Å². The lowest BCUT2D eigenvalue weighted by molar-refractivity contribution is 0.143. The van der Waals surface area contributed by atoms with Crippen LogP contribution in [-0.4, -0.2) is 5.54 Å². The second kappa shape index (κ2) is 10.8. The summed E-state index contributed by atoms with van der Waals surface area (Å²) in [6.07, 6.45) is 4.97. The van der Waals surface area contributed by atoms with Gasteiger partial charge in [0, 0.05) is 16.8 Å². The zero-order valence-electron chi connectivity index (χ0n) is 28.3. The summed E-state index contributed by atoms with van der Waals surface area (Å²) < 4.78 is 0. The maximum atomic E-state index is 2.69. The second-order valence-electron chi connectivity index (χ2n) is 14.8. The van der Waals surface area contributed by atoms with E-state index in [4.69, 9.17) is 0 Å². The Labute approximate surface area is 285 Å². The molecule has 9 rings (SSSR count). The van der Waals surface area contributed by atoms with Crippen molar-refractivity contribution >= 4 is 11.4 Å². The van der Waals surface area contributed by atoms with Gasteiger partial charge in [0.1, 0.15) is 0 Å². The molecule has 3 atom stereocenters. The van der Waals surface area contributed by atoms with E-state index in [1.807, 2.05) is 0 Å². The Morgan fingerprint density at radius 2 is 1.15 bits per heavy atom. The van der Waals surface area contributed by atoms with Gasteiger partial charge in [0.15, 0.2) is 0 Å². The van der Waals surface area contributed by atoms with Gasteiger partial charge < -0.3 is 4.90 Å². The zero-order valence-corrected chi connectivity index (χ0v) is 28.3. The van der Waals surface area contributed by atoms with E-state index in [9.17, 15) is 0 Å². The number of anilines is 2. The van der Waals surface area contributed by atoms with Gasteiger partial charge >= 0.3 is 0 Å². The molecule has 1 nitrogen and oxygen atoms in total. The van der Waals surface area contributed by atoms with Crippen LogP contribution in [0.25, 0.3) is 22.3 Å². The average Bonchev–Trinajstić information content (AvgIpc) is 3.55. The number of fused-ring (bicyclic) bond motifs is 6. The first kappa shape index (κ1) is 29.3. The number of benzene rings is 6. The molecule has 1 heterocycles. The number of nitrogens with zero attached hydrogens (tertiary/aromatic N) is 1. The van der Waals surface area contributed by atoms with Crippen molar-refractivity contribution < 1.29 is 0 Å².